The van der Waals surface area contributed by atoms with E-state index in [1.807, 2.05) is 112 Å². The Bertz CT molecular complexity index is 1750. The first-order valence-corrected chi connectivity index (χ1v) is 13.5. The molecule has 7 heteroatoms. The van der Waals surface area contributed by atoms with Gasteiger partial charge in [0.15, 0.2) is 0 Å². The summed E-state index contributed by atoms with van der Waals surface area (Å²) in [5.41, 5.74) is 8.91. The minimum absolute atomic E-state index is 0.147. The molecule has 5 aromatic rings. The summed E-state index contributed by atoms with van der Waals surface area (Å²) in [5, 5.41) is 6.90. The number of aromatic amines is 1. The van der Waals surface area contributed by atoms with Crippen molar-refractivity contribution in [1.82, 2.24) is 14.9 Å². The van der Waals surface area contributed by atoms with Crippen LogP contribution in [0.25, 0.3) is 33.3 Å². The second-order valence-electron chi connectivity index (χ2n) is 10.4. The van der Waals surface area contributed by atoms with Crippen LogP contribution >= 0.6 is 0 Å². The Labute approximate surface area is 239 Å². The Balaban J connectivity index is 1.35. The van der Waals surface area contributed by atoms with Crippen molar-refractivity contribution in [2.75, 3.05) is 31.3 Å². The molecule has 41 heavy (non-hydrogen) atoms. The second-order valence-corrected chi connectivity index (χ2v) is 10.4. The maximum atomic E-state index is 12.9. The van der Waals surface area contributed by atoms with E-state index in [0.29, 0.717) is 17.8 Å². The normalized spacial score (nSPS) is 11.3. The van der Waals surface area contributed by atoms with Gasteiger partial charge in [0.25, 0.3) is 5.91 Å². The quantitative estimate of drug-likeness (QED) is 0.187. The number of rotatable bonds is 8. The number of nitrogens with one attached hydrogen (secondary N) is 3. The van der Waals surface area contributed by atoms with E-state index >= 15 is 0 Å². The van der Waals surface area contributed by atoms with E-state index in [1.165, 1.54) is 0 Å². The van der Waals surface area contributed by atoms with E-state index in [4.69, 9.17) is 0 Å². The molecule has 0 saturated heterocycles. The average molecular weight is 544 g/mol. The third kappa shape index (κ3) is 6.59. The molecule has 7 nitrogen and oxygen atoms in total. The number of benzene rings is 3. The van der Waals surface area contributed by atoms with Crippen LogP contribution in [0, 0.1) is 13.8 Å². The van der Waals surface area contributed by atoms with Crippen LogP contribution in [0.15, 0.2) is 97.3 Å². The van der Waals surface area contributed by atoms with Gasteiger partial charge in [-0.2, -0.15) is 0 Å². The topological polar surface area (TPSA) is 90.1 Å². The molecule has 2 aromatic heterocycles. The van der Waals surface area contributed by atoms with Crippen molar-refractivity contribution in [2.24, 2.45) is 0 Å². The molecule has 0 unspecified atom stereocenters. The van der Waals surface area contributed by atoms with Crippen molar-refractivity contribution in [1.29, 1.82) is 0 Å². The molecular weight excluding hydrogens is 510 g/mol. The van der Waals surface area contributed by atoms with Gasteiger partial charge >= 0.3 is 0 Å². The van der Waals surface area contributed by atoms with Gasteiger partial charge in [0.2, 0.25) is 5.91 Å². The number of aryl methyl sites for hydroxylation is 2. The number of pyridine rings is 1. The van der Waals surface area contributed by atoms with Gasteiger partial charge in [-0.3, -0.25) is 9.59 Å². The highest BCUT2D eigenvalue weighted by molar-refractivity contribution is 6.05. The molecule has 0 atom stereocenters. The fourth-order valence-corrected chi connectivity index (χ4v) is 4.68. The number of carbonyl (C=O) groups excluding carboxylic acids is 2. The molecule has 2 heterocycles. The van der Waals surface area contributed by atoms with Gasteiger partial charge in [0.1, 0.15) is 5.65 Å². The van der Waals surface area contributed by atoms with Crippen molar-refractivity contribution in [2.45, 2.75) is 13.8 Å². The van der Waals surface area contributed by atoms with E-state index in [-0.39, 0.29) is 11.8 Å². The fraction of sp³-hybridized carbons (Fsp3) is 0.147. The summed E-state index contributed by atoms with van der Waals surface area (Å²) in [6.07, 6.45) is 7.13. The summed E-state index contributed by atoms with van der Waals surface area (Å²) in [4.78, 5) is 35.1. The van der Waals surface area contributed by atoms with Gasteiger partial charge in [0.05, 0.1) is 0 Å². The lowest BCUT2D eigenvalue weighted by Gasteiger charge is -2.10. The van der Waals surface area contributed by atoms with E-state index in [9.17, 15) is 9.59 Å². The predicted octanol–water partition coefficient (Wildman–Crippen LogP) is 6.82. The molecule has 0 saturated carbocycles. The second kappa shape index (κ2) is 12.0. The summed E-state index contributed by atoms with van der Waals surface area (Å²) in [6, 6.07) is 23.4. The number of H-pyrrole nitrogens is 1. The molecule has 0 fully saturated rings. The Morgan fingerprint density at radius 1 is 0.902 bits per heavy atom. The molecule has 0 aliphatic heterocycles. The highest BCUT2D eigenvalue weighted by atomic mass is 16.2. The zero-order valence-corrected chi connectivity index (χ0v) is 23.7. The number of amides is 2. The van der Waals surface area contributed by atoms with E-state index in [0.717, 1.165) is 50.1 Å². The SMILES string of the molecule is Cc1ccc(NC(=O)c2ccc(-c3c[nH]c4ncc(-c5cccc(NC(=O)C=CCN(C)C)c5)cc34)cc2)c(C)c1. The maximum absolute atomic E-state index is 12.9. The number of hydrogen-bond donors (Lipinski definition) is 3. The molecule has 206 valence electrons. The molecule has 5 rings (SSSR count). The van der Waals surface area contributed by atoms with Gasteiger partial charge < -0.3 is 20.5 Å². The average Bonchev–Trinajstić information content (AvgIpc) is 3.38. The van der Waals surface area contributed by atoms with E-state index in [2.05, 4.69) is 32.7 Å². The number of aromatic nitrogens is 2. The minimum atomic E-state index is -0.170. The van der Waals surface area contributed by atoms with Gasteiger partial charge in [-0.25, -0.2) is 4.98 Å². The number of hydrogen-bond acceptors (Lipinski definition) is 4. The number of likely N-dealkylation sites (N-methyl/N-ethyl adjacent to an activating group) is 1. The fourth-order valence-electron chi connectivity index (χ4n) is 4.68. The number of fused-ring (bicyclic) bond motifs is 1. The number of carbonyl (C=O) groups is 2. The number of nitrogens with zero attached hydrogens (tertiary/aromatic N) is 2. The monoisotopic (exact) mass is 543 g/mol. The summed E-state index contributed by atoms with van der Waals surface area (Å²) >= 11 is 0. The van der Waals surface area contributed by atoms with Crippen LogP contribution in [0.2, 0.25) is 0 Å². The highest BCUT2D eigenvalue weighted by Gasteiger charge is 2.12. The molecule has 0 bridgehead atoms. The first-order valence-electron chi connectivity index (χ1n) is 13.5. The smallest absolute Gasteiger partial charge is 0.255 e. The maximum Gasteiger partial charge on any atom is 0.255 e. The summed E-state index contributed by atoms with van der Waals surface area (Å²) in [7, 11) is 3.91. The Kier molecular flexibility index (Phi) is 8.08. The first kappa shape index (κ1) is 27.6. The standard InChI is InChI=1S/C34H33N5O2/c1-22-10-15-31(23(2)17-22)38-34(41)25-13-11-24(12-14-25)30-21-36-33-29(30)19-27(20-35-33)26-7-5-8-28(18-26)37-32(40)9-6-16-39(3)4/h5-15,17-21H,16H2,1-4H3,(H,35,36)(H,37,40)(H,38,41). The largest absolute Gasteiger partial charge is 0.346 e. The third-order valence-corrected chi connectivity index (χ3v) is 6.82. The van der Waals surface area contributed by atoms with E-state index in [1.54, 1.807) is 6.08 Å². The van der Waals surface area contributed by atoms with E-state index < -0.39 is 0 Å². The van der Waals surface area contributed by atoms with Gasteiger partial charge in [0, 0.05) is 58.5 Å². The molecular formula is C34H33N5O2. The molecule has 0 aliphatic rings. The van der Waals surface area contributed by atoms with Crippen LogP contribution in [0.4, 0.5) is 11.4 Å². The van der Waals surface area contributed by atoms with Crippen molar-refractivity contribution >= 4 is 34.2 Å². The van der Waals surface area contributed by atoms with Gasteiger partial charge in [-0.05, 0) is 81.0 Å². The highest BCUT2D eigenvalue weighted by Crippen LogP contribution is 2.32. The van der Waals surface area contributed by atoms with Crippen LogP contribution < -0.4 is 10.6 Å². The van der Waals surface area contributed by atoms with Crippen molar-refractivity contribution in [3.05, 3.63) is 114 Å². The number of anilines is 2. The molecule has 0 aliphatic carbocycles. The summed E-state index contributed by atoms with van der Waals surface area (Å²) in [6.45, 7) is 4.72. The van der Waals surface area contributed by atoms with Crippen LogP contribution in [-0.4, -0.2) is 47.3 Å². The Morgan fingerprint density at radius 3 is 2.46 bits per heavy atom. The Hall–Kier alpha value is -5.01. The van der Waals surface area contributed by atoms with Crippen molar-refractivity contribution < 1.29 is 9.59 Å². The van der Waals surface area contributed by atoms with Crippen molar-refractivity contribution in [3.63, 3.8) is 0 Å². The third-order valence-electron chi connectivity index (χ3n) is 6.82. The van der Waals surface area contributed by atoms with Crippen LogP contribution in [0.3, 0.4) is 0 Å². The molecule has 2 amide bonds. The predicted molar refractivity (Wildman–Crippen MR) is 167 cm³/mol. The Morgan fingerprint density at radius 2 is 1.71 bits per heavy atom. The lowest BCUT2D eigenvalue weighted by Crippen LogP contribution is -2.12. The van der Waals surface area contributed by atoms with Gasteiger partial charge in [-0.15, -0.1) is 0 Å². The molecule has 0 spiro atoms. The first-order chi connectivity index (χ1) is 19.8. The zero-order chi connectivity index (χ0) is 28.9. The lowest BCUT2D eigenvalue weighted by atomic mass is 10.0. The minimum Gasteiger partial charge on any atom is -0.346 e. The van der Waals surface area contributed by atoms with Crippen LogP contribution in [0.5, 0.6) is 0 Å². The zero-order valence-electron chi connectivity index (χ0n) is 23.7. The van der Waals surface area contributed by atoms with Crippen LogP contribution in [-0.2, 0) is 4.79 Å². The molecule has 0 radical (unpaired) electrons. The molecule has 3 N–H and O–H groups in total. The molecule has 3 aromatic carbocycles. The summed E-state index contributed by atoms with van der Waals surface area (Å²) in [5.74, 6) is -0.317. The van der Waals surface area contributed by atoms with Crippen LogP contribution in [0.1, 0.15) is 21.5 Å². The lowest BCUT2D eigenvalue weighted by molar-refractivity contribution is -0.111. The van der Waals surface area contributed by atoms with Gasteiger partial charge in [-0.1, -0.05) is 48.0 Å². The summed E-state index contributed by atoms with van der Waals surface area (Å²) < 4.78 is 0. The van der Waals surface area contributed by atoms with Crippen molar-refractivity contribution in [3.8, 4) is 22.3 Å².